The van der Waals surface area contributed by atoms with Crippen LogP contribution in [0, 0.1) is 0 Å². The van der Waals surface area contributed by atoms with Crippen molar-refractivity contribution in [3.05, 3.63) is 47.0 Å². The van der Waals surface area contributed by atoms with Gasteiger partial charge in [0.2, 0.25) is 0 Å². The first-order chi connectivity index (χ1) is 15.1. The highest BCUT2D eigenvalue weighted by molar-refractivity contribution is 14.0. The molecule has 0 amide bonds. The fourth-order valence-electron chi connectivity index (χ4n) is 3.88. The lowest BCUT2D eigenvalue weighted by molar-refractivity contribution is 0.177. The summed E-state index contributed by atoms with van der Waals surface area (Å²) in [6.45, 7) is 12.3. The van der Waals surface area contributed by atoms with Crippen LogP contribution >= 0.6 is 24.0 Å². The molecule has 1 atom stereocenters. The molecule has 1 aromatic carbocycles. The van der Waals surface area contributed by atoms with Gasteiger partial charge in [-0.2, -0.15) is 5.10 Å². The molecule has 1 unspecified atom stereocenters. The Morgan fingerprint density at radius 3 is 2.75 bits per heavy atom. The highest BCUT2D eigenvalue weighted by Gasteiger charge is 2.22. The Labute approximate surface area is 209 Å². The van der Waals surface area contributed by atoms with E-state index in [0.717, 1.165) is 63.2 Å². The molecule has 0 aliphatic carbocycles. The average Bonchev–Trinajstić information content (AvgIpc) is 3.18. The molecular weight excluding hydrogens is 517 g/mol. The van der Waals surface area contributed by atoms with Crippen molar-refractivity contribution >= 4 is 29.9 Å². The van der Waals surface area contributed by atoms with E-state index in [9.17, 15) is 0 Å². The van der Waals surface area contributed by atoms with E-state index in [2.05, 4.69) is 70.7 Å². The van der Waals surface area contributed by atoms with Crippen LogP contribution in [0.4, 0.5) is 0 Å². The van der Waals surface area contributed by atoms with Gasteiger partial charge < -0.3 is 15.4 Å². The van der Waals surface area contributed by atoms with Gasteiger partial charge in [0.1, 0.15) is 12.4 Å². The molecule has 2 N–H and O–H groups in total. The number of rotatable bonds is 10. The Morgan fingerprint density at radius 1 is 1.25 bits per heavy atom. The number of ether oxygens (including phenoxy) is 1. The Balaban J connectivity index is 0.00000363. The molecule has 178 valence electrons. The summed E-state index contributed by atoms with van der Waals surface area (Å²) in [5.74, 6) is 2.64. The number of guanidine groups is 1. The number of fused-ring (bicyclic) bond motifs is 1. The second kappa shape index (κ2) is 13.7. The number of halogens is 1. The first-order valence-corrected chi connectivity index (χ1v) is 11.4. The molecule has 9 heteroatoms. The smallest absolute Gasteiger partial charge is 0.191 e. The highest BCUT2D eigenvalue weighted by Crippen LogP contribution is 2.14. The molecule has 8 nitrogen and oxygen atoms in total. The third-order valence-electron chi connectivity index (χ3n) is 5.57. The minimum absolute atomic E-state index is 0. The van der Waals surface area contributed by atoms with Crippen LogP contribution in [0.15, 0.2) is 29.3 Å². The summed E-state index contributed by atoms with van der Waals surface area (Å²) in [4.78, 5) is 11.8. The molecule has 1 aliphatic rings. The van der Waals surface area contributed by atoms with Gasteiger partial charge in [-0.25, -0.2) is 14.7 Å². The van der Waals surface area contributed by atoms with Gasteiger partial charge in [0, 0.05) is 32.7 Å². The number of aromatic nitrogens is 3. The second-order valence-corrected chi connectivity index (χ2v) is 7.92. The van der Waals surface area contributed by atoms with E-state index < -0.39 is 0 Å². The molecule has 0 saturated carbocycles. The lowest BCUT2D eigenvalue weighted by Crippen LogP contribution is -2.47. The molecule has 3 rings (SSSR count). The van der Waals surface area contributed by atoms with Gasteiger partial charge in [-0.15, -0.1) is 24.0 Å². The lowest BCUT2D eigenvalue weighted by Gasteiger charge is -2.25. The maximum absolute atomic E-state index is 5.16. The summed E-state index contributed by atoms with van der Waals surface area (Å²) in [5, 5.41) is 11.5. The van der Waals surface area contributed by atoms with Gasteiger partial charge in [-0.05, 0) is 37.6 Å². The van der Waals surface area contributed by atoms with Crippen molar-refractivity contribution in [1.29, 1.82) is 0 Å². The molecule has 0 fully saturated rings. The standard InChI is InChI=1S/C23H37N7O.HI/c1-5-24-23(25-14-18-9-8-10-19(13-18)15-29(6-2)7-3)26-20-11-12-22-27-21(17-31-4)28-30(22)16-20;/h8-10,13,20H,5-7,11-12,14-17H2,1-4H3,(H2,24,25,26);1H. The zero-order valence-corrected chi connectivity index (χ0v) is 22.1. The van der Waals surface area contributed by atoms with Crippen LogP contribution < -0.4 is 10.6 Å². The van der Waals surface area contributed by atoms with Crippen LogP contribution in [0.25, 0.3) is 0 Å². The van der Waals surface area contributed by atoms with Crippen LogP contribution in [-0.4, -0.2) is 58.4 Å². The molecule has 1 aliphatic heterocycles. The van der Waals surface area contributed by atoms with Crippen LogP contribution in [0.5, 0.6) is 0 Å². The van der Waals surface area contributed by atoms with Crippen molar-refractivity contribution in [2.24, 2.45) is 4.99 Å². The van der Waals surface area contributed by atoms with E-state index in [1.54, 1.807) is 7.11 Å². The Bertz CT molecular complexity index is 851. The van der Waals surface area contributed by atoms with Gasteiger partial charge in [0.15, 0.2) is 11.8 Å². The summed E-state index contributed by atoms with van der Waals surface area (Å²) in [5.41, 5.74) is 2.57. The fraction of sp³-hybridized carbons (Fsp3) is 0.609. The third-order valence-corrected chi connectivity index (χ3v) is 5.57. The summed E-state index contributed by atoms with van der Waals surface area (Å²) >= 11 is 0. The van der Waals surface area contributed by atoms with E-state index >= 15 is 0 Å². The van der Waals surface area contributed by atoms with Crippen LogP contribution in [0.3, 0.4) is 0 Å². The van der Waals surface area contributed by atoms with E-state index in [4.69, 9.17) is 9.73 Å². The minimum atomic E-state index is 0. The maximum Gasteiger partial charge on any atom is 0.191 e. The normalized spacial score (nSPS) is 15.9. The lowest BCUT2D eigenvalue weighted by atomic mass is 10.1. The van der Waals surface area contributed by atoms with Crippen molar-refractivity contribution in [2.75, 3.05) is 26.7 Å². The molecule has 0 spiro atoms. The Morgan fingerprint density at radius 2 is 2.03 bits per heavy atom. The van der Waals surface area contributed by atoms with Crippen molar-refractivity contribution in [1.82, 2.24) is 30.3 Å². The SMILES string of the molecule is CCNC(=NCc1cccc(CN(CC)CC)c1)NC1CCc2nc(COC)nn2C1.I. The summed E-state index contributed by atoms with van der Waals surface area (Å²) in [6, 6.07) is 9.03. The Kier molecular flexibility index (Phi) is 11.4. The van der Waals surface area contributed by atoms with Gasteiger partial charge in [-0.3, -0.25) is 4.90 Å². The number of hydrogen-bond acceptors (Lipinski definition) is 5. The molecule has 0 radical (unpaired) electrons. The zero-order valence-electron chi connectivity index (χ0n) is 19.8. The van der Waals surface area contributed by atoms with Gasteiger partial charge in [0.05, 0.1) is 13.1 Å². The topological polar surface area (TPSA) is 79.6 Å². The quantitative estimate of drug-likeness (QED) is 0.267. The zero-order chi connectivity index (χ0) is 22.1. The molecular formula is C23H38IN7O. The van der Waals surface area contributed by atoms with Crippen LogP contribution in [0.2, 0.25) is 0 Å². The maximum atomic E-state index is 5.16. The number of benzene rings is 1. The molecule has 1 aromatic heterocycles. The molecule has 2 heterocycles. The van der Waals surface area contributed by atoms with Crippen molar-refractivity contribution in [3.63, 3.8) is 0 Å². The number of nitrogens with one attached hydrogen (secondary N) is 2. The second-order valence-electron chi connectivity index (χ2n) is 7.92. The summed E-state index contributed by atoms with van der Waals surface area (Å²) < 4.78 is 7.16. The first-order valence-electron chi connectivity index (χ1n) is 11.4. The van der Waals surface area contributed by atoms with Crippen LogP contribution in [0.1, 0.15) is 50.0 Å². The Hall–Kier alpha value is -1.72. The van der Waals surface area contributed by atoms with Gasteiger partial charge in [0.25, 0.3) is 0 Å². The van der Waals surface area contributed by atoms with E-state index in [0.29, 0.717) is 13.2 Å². The highest BCUT2D eigenvalue weighted by atomic mass is 127. The predicted molar refractivity (Wildman–Crippen MR) is 139 cm³/mol. The molecule has 32 heavy (non-hydrogen) atoms. The third kappa shape index (κ3) is 7.70. The molecule has 0 bridgehead atoms. The number of aliphatic imine (C=N–C) groups is 1. The van der Waals surface area contributed by atoms with Gasteiger partial charge >= 0.3 is 0 Å². The van der Waals surface area contributed by atoms with Crippen molar-refractivity contribution in [3.8, 4) is 0 Å². The average molecular weight is 556 g/mol. The molecule has 0 saturated heterocycles. The summed E-state index contributed by atoms with van der Waals surface area (Å²) in [6.07, 6.45) is 1.91. The monoisotopic (exact) mass is 555 g/mol. The van der Waals surface area contributed by atoms with Crippen molar-refractivity contribution in [2.45, 2.75) is 65.9 Å². The number of methoxy groups -OCH3 is 1. The number of aryl methyl sites for hydroxylation is 1. The minimum Gasteiger partial charge on any atom is -0.377 e. The van der Waals surface area contributed by atoms with E-state index in [1.807, 2.05) is 4.68 Å². The molecule has 2 aromatic rings. The number of hydrogen-bond donors (Lipinski definition) is 2. The largest absolute Gasteiger partial charge is 0.377 e. The van der Waals surface area contributed by atoms with E-state index in [-0.39, 0.29) is 30.0 Å². The van der Waals surface area contributed by atoms with E-state index in [1.165, 1.54) is 11.1 Å². The predicted octanol–water partition coefficient (Wildman–Crippen LogP) is 2.95. The first kappa shape index (κ1) is 26.5. The van der Waals surface area contributed by atoms with Gasteiger partial charge in [-0.1, -0.05) is 38.1 Å². The van der Waals surface area contributed by atoms with Crippen LogP contribution in [-0.2, 0) is 37.4 Å². The summed E-state index contributed by atoms with van der Waals surface area (Å²) in [7, 11) is 1.67. The van der Waals surface area contributed by atoms with Crippen molar-refractivity contribution < 1.29 is 4.74 Å². The number of nitrogens with zero attached hydrogens (tertiary/aromatic N) is 5. The fourth-order valence-corrected chi connectivity index (χ4v) is 3.88.